The number of ether oxygens (including phenoxy) is 4. The Hall–Kier alpha value is -4.85. The van der Waals surface area contributed by atoms with Crippen LogP contribution in [0.4, 0.5) is 5.69 Å². The van der Waals surface area contributed by atoms with E-state index in [2.05, 4.69) is 19.9 Å². The van der Waals surface area contributed by atoms with E-state index in [0.29, 0.717) is 46.0 Å². The third-order valence-electron chi connectivity index (χ3n) is 10.3. The first-order valence-electron chi connectivity index (χ1n) is 16.2. The first-order chi connectivity index (χ1) is 22.5. The van der Waals surface area contributed by atoms with Gasteiger partial charge in [-0.1, -0.05) is 19.9 Å². The first-order valence-corrected chi connectivity index (χ1v) is 16.2. The number of carbonyl (C=O) groups is 1. The van der Waals surface area contributed by atoms with Gasteiger partial charge in [0.05, 0.1) is 17.6 Å². The van der Waals surface area contributed by atoms with Crippen LogP contribution in [-0.4, -0.2) is 18.0 Å². The zero-order valence-corrected chi connectivity index (χ0v) is 27.0. The lowest BCUT2D eigenvalue weighted by molar-refractivity contribution is -0.384. The summed E-state index contributed by atoms with van der Waals surface area (Å²) in [6.45, 7) is 5.25. The van der Waals surface area contributed by atoms with Gasteiger partial charge in [-0.2, -0.15) is 0 Å². The van der Waals surface area contributed by atoms with Crippen molar-refractivity contribution in [2.75, 3.05) is 7.11 Å². The molecule has 0 heterocycles. The van der Waals surface area contributed by atoms with Gasteiger partial charge in [-0.25, -0.2) is 4.79 Å². The summed E-state index contributed by atoms with van der Waals surface area (Å²) < 4.78 is 23.7. The second-order valence-electron chi connectivity index (χ2n) is 14.5. The van der Waals surface area contributed by atoms with E-state index < -0.39 is 4.92 Å². The molecule has 8 heteroatoms. The van der Waals surface area contributed by atoms with E-state index in [1.54, 1.807) is 36.4 Å². The molecular weight excluding hydrogens is 594 g/mol. The number of methoxy groups -OCH3 is 1. The molecule has 8 nitrogen and oxygen atoms in total. The largest absolute Gasteiger partial charge is 0.489 e. The Morgan fingerprint density at radius 1 is 0.766 bits per heavy atom. The van der Waals surface area contributed by atoms with E-state index in [4.69, 9.17) is 18.9 Å². The third kappa shape index (κ3) is 6.29. The SMILES string of the molecule is COC(=O)c1ccc(Oc2cc(Oc3ccc(OCc4ccc([N+](=O)[O-])cc4)cc3)ccc2C23CC4CC(C)(CC(C)(C4)C2)C3)cc1. The van der Waals surface area contributed by atoms with Gasteiger partial charge in [-0.3, -0.25) is 10.1 Å². The predicted octanol–water partition coefficient (Wildman–Crippen LogP) is 9.79. The van der Waals surface area contributed by atoms with Gasteiger partial charge in [0.15, 0.2) is 0 Å². The number of rotatable bonds is 10. The second kappa shape index (κ2) is 11.7. The predicted molar refractivity (Wildman–Crippen MR) is 177 cm³/mol. The van der Waals surface area contributed by atoms with Crippen molar-refractivity contribution >= 4 is 11.7 Å². The molecule has 0 aromatic heterocycles. The minimum Gasteiger partial charge on any atom is -0.489 e. The Balaban J connectivity index is 1.13. The molecule has 4 bridgehead atoms. The Bertz CT molecular complexity index is 1780. The smallest absolute Gasteiger partial charge is 0.337 e. The van der Waals surface area contributed by atoms with Gasteiger partial charge in [-0.15, -0.1) is 0 Å². The fourth-order valence-corrected chi connectivity index (χ4v) is 9.36. The molecule has 0 aliphatic heterocycles. The van der Waals surface area contributed by atoms with E-state index in [0.717, 1.165) is 30.1 Å². The van der Waals surface area contributed by atoms with Crippen LogP contribution in [0.5, 0.6) is 28.7 Å². The van der Waals surface area contributed by atoms with Crippen molar-refractivity contribution in [1.82, 2.24) is 0 Å². The monoisotopic (exact) mass is 633 g/mol. The highest BCUT2D eigenvalue weighted by Gasteiger charge is 2.61. The highest BCUT2D eigenvalue weighted by Crippen LogP contribution is 2.70. The highest BCUT2D eigenvalue weighted by molar-refractivity contribution is 5.89. The number of nitro benzene ring substituents is 1. The number of hydrogen-bond donors (Lipinski definition) is 0. The van der Waals surface area contributed by atoms with Crippen molar-refractivity contribution in [1.29, 1.82) is 0 Å². The fraction of sp³-hybridized carbons (Fsp3) is 0.359. The molecule has 0 saturated heterocycles. The second-order valence-corrected chi connectivity index (χ2v) is 14.5. The van der Waals surface area contributed by atoms with Gasteiger partial charge in [-0.05, 0) is 128 Å². The molecule has 4 fully saturated rings. The molecule has 2 unspecified atom stereocenters. The van der Waals surface area contributed by atoms with Crippen molar-refractivity contribution in [2.24, 2.45) is 16.7 Å². The summed E-state index contributed by atoms with van der Waals surface area (Å²) in [7, 11) is 1.37. The Morgan fingerprint density at radius 2 is 1.36 bits per heavy atom. The zero-order valence-electron chi connectivity index (χ0n) is 27.0. The minimum absolute atomic E-state index is 0.0470. The molecule has 47 heavy (non-hydrogen) atoms. The highest BCUT2D eigenvalue weighted by atomic mass is 16.6. The summed E-state index contributed by atoms with van der Waals surface area (Å²) in [5.74, 6) is 3.75. The van der Waals surface area contributed by atoms with Gasteiger partial charge >= 0.3 is 5.97 Å². The molecule has 8 rings (SSSR count). The summed E-state index contributed by atoms with van der Waals surface area (Å²) in [5, 5.41) is 10.9. The molecule has 242 valence electrons. The molecule has 4 aromatic carbocycles. The van der Waals surface area contributed by atoms with Gasteiger partial charge in [0, 0.05) is 29.2 Å². The number of nitro groups is 1. The molecule has 4 aliphatic carbocycles. The van der Waals surface area contributed by atoms with Crippen LogP contribution in [0.3, 0.4) is 0 Å². The van der Waals surface area contributed by atoms with Gasteiger partial charge in [0.2, 0.25) is 0 Å². The number of nitrogens with zero attached hydrogens (tertiary/aromatic N) is 1. The van der Waals surface area contributed by atoms with Crippen LogP contribution in [0.15, 0.2) is 91.0 Å². The van der Waals surface area contributed by atoms with Crippen molar-refractivity contribution in [3.8, 4) is 28.7 Å². The van der Waals surface area contributed by atoms with Crippen molar-refractivity contribution < 1.29 is 28.7 Å². The Kier molecular flexibility index (Phi) is 7.69. The van der Waals surface area contributed by atoms with Gasteiger partial charge in [0.1, 0.15) is 35.4 Å². The lowest BCUT2D eigenvalue weighted by Gasteiger charge is -2.65. The van der Waals surface area contributed by atoms with Crippen molar-refractivity contribution in [2.45, 2.75) is 64.4 Å². The van der Waals surface area contributed by atoms with Crippen LogP contribution >= 0.6 is 0 Å². The molecule has 0 radical (unpaired) electrons. The Labute approximate surface area is 274 Å². The zero-order chi connectivity index (χ0) is 32.8. The number of carbonyl (C=O) groups excluding carboxylic acids is 1. The quantitative estimate of drug-likeness (QED) is 0.0974. The summed E-state index contributed by atoms with van der Waals surface area (Å²) in [4.78, 5) is 22.5. The molecule has 4 saturated carbocycles. The summed E-state index contributed by atoms with van der Waals surface area (Å²) in [6.07, 6.45) is 7.40. The Morgan fingerprint density at radius 3 is 1.98 bits per heavy atom. The number of esters is 1. The van der Waals surface area contributed by atoms with Crippen LogP contribution < -0.4 is 14.2 Å². The molecule has 4 aromatic rings. The van der Waals surface area contributed by atoms with Crippen LogP contribution in [-0.2, 0) is 16.8 Å². The number of hydrogen-bond acceptors (Lipinski definition) is 7. The summed E-state index contributed by atoms with van der Waals surface area (Å²) >= 11 is 0. The van der Waals surface area contributed by atoms with Crippen LogP contribution in [0.1, 0.15) is 73.9 Å². The number of non-ortho nitro benzene ring substituents is 1. The lowest BCUT2D eigenvalue weighted by atomic mass is 9.39. The maximum absolute atomic E-state index is 12.0. The fourth-order valence-electron chi connectivity index (χ4n) is 9.36. The van der Waals surface area contributed by atoms with E-state index >= 15 is 0 Å². The standard InChI is InChI=1S/C39H39NO7/c1-37-19-27-20-38(2,23-37)25-39(21-27,24-37)34-17-16-33(18-35(34)47-32-10-6-28(7-11-32)36(41)44-3)46-31-14-12-30(13-15-31)45-22-26-4-8-29(9-5-26)40(42)43/h4-18,27H,19-25H2,1-3H3. The molecule has 0 spiro atoms. The first kappa shape index (κ1) is 30.8. The normalized spacial score (nSPS) is 25.6. The van der Waals surface area contributed by atoms with Gasteiger partial charge in [0.25, 0.3) is 5.69 Å². The average Bonchev–Trinajstić information content (AvgIpc) is 3.03. The maximum Gasteiger partial charge on any atom is 0.337 e. The molecule has 2 atom stereocenters. The van der Waals surface area contributed by atoms with E-state index in [-0.39, 0.29) is 17.1 Å². The van der Waals surface area contributed by atoms with Crippen LogP contribution in [0.2, 0.25) is 0 Å². The topological polar surface area (TPSA) is 97.1 Å². The molecule has 0 amide bonds. The van der Waals surface area contributed by atoms with Crippen molar-refractivity contribution in [3.05, 3.63) is 118 Å². The van der Waals surface area contributed by atoms with Gasteiger partial charge < -0.3 is 18.9 Å². The van der Waals surface area contributed by atoms with E-state index in [1.165, 1.54) is 50.5 Å². The molecular formula is C39H39NO7. The van der Waals surface area contributed by atoms with Crippen LogP contribution in [0, 0.1) is 26.9 Å². The van der Waals surface area contributed by atoms with Crippen LogP contribution in [0.25, 0.3) is 0 Å². The van der Waals surface area contributed by atoms with Crippen molar-refractivity contribution in [3.63, 3.8) is 0 Å². The summed E-state index contributed by atoms with van der Waals surface area (Å²) in [5.41, 5.74) is 3.32. The molecule has 0 N–H and O–H groups in total. The molecule has 4 aliphatic rings. The maximum atomic E-state index is 12.0. The van der Waals surface area contributed by atoms with E-state index in [9.17, 15) is 14.9 Å². The minimum atomic E-state index is -0.417. The number of benzene rings is 4. The average molecular weight is 634 g/mol. The van der Waals surface area contributed by atoms with E-state index in [1.807, 2.05) is 36.4 Å². The third-order valence-corrected chi connectivity index (χ3v) is 10.3. The lowest BCUT2D eigenvalue weighted by Crippen LogP contribution is -2.56. The summed E-state index contributed by atoms with van der Waals surface area (Å²) in [6, 6.07) is 27.0.